The second-order valence-corrected chi connectivity index (χ2v) is 6.56. The van der Waals surface area contributed by atoms with Gasteiger partial charge < -0.3 is 4.74 Å². The standard InChI is InChI=1S/C20H15ClN4O3/c1-13-17(10-22-25(13)16-5-3-2-4-6-16)20(27)28-12-15-9-19(26)24-11-14(21)7-8-18(24)23-15/h2-11H,12H2,1H3. The fraction of sp³-hybridized carbons (Fsp3) is 0.100. The lowest BCUT2D eigenvalue weighted by Gasteiger charge is -2.07. The van der Waals surface area contributed by atoms with Gasteiger partial charge in [-0.25, -0.2) is 14.5 Å². The molecule has 0 fully saturated rings. The number of halogens is 1. The van der Waals surface area contributed by atoms with E-state index < -0.39 is 5.97 Å². The van der Waals surface area contributed by atoms with Crippen molar-refractivity contribution in [2.45, 2.75) is 13.5 Å². The van der Waals surface area contributed by atoms with Gasteiger partial charge in [-0.3, -0.25) is 9.20 Å². The molecular formula is C20H15ClN4O3. The van der Waals surface area contributed by atoms with Crippen molar-refractivity contribution in [2.75, 3.05) is 0 Å². The maximum absolute atomic E-state index is 12.5. The van der Waals surface area contributed by atoms with E-state index in [-0.39, 0.29) is 12.2 Å². The van der Waals surface area contributed by atoms with Crippen molar-refractivity contribution in [3.8, 4) is 5.69 Å². The number of para-hydroxylation sites is 1. The van der Waals surface area contributed by atoms with Crippen LogP contribution in [0, 0.1) is 6.92 Å². The minimum Gasteiger partial charge on any atom is -0.455 e. The molecule has 0 bridgehead atoms. The first-order valence-electron chi connectivity index (χ1n) is 8.48. The van der Waals surface area contributed by atoms with Gasteiger partial charge in [-0.1, -0.05) is 29.8 Å². The maximum atomic E-state index is 12.5. The molecule has 28 heavy (non-hydrogen) atoms. The molecule has 0 aliphatic heterocycles. The number of benzene rings is 1. The molecule has 0 aliphatic rings. The van der Waals surface area contributed by atoms with Crippen LogP contribution in [0.1, 0.15) is 21.7 Å². The molecule has 1 aromatic carbocycles. The number of ether oxygens (including phenoxy) is 1. The van der Waals surface area contributed by atoms with E-state index in [0.717, 1.165) is 5.69 Å². The fourth-order valence-corrected chi connectivity index (χ4v) is 3.02. The molecule has 4 rings (SSSR count). The van der Waals surface area contributed by atoms with Crippen LogP contribution >= 0.6 is 11.6 Å². The van der Waals surface area contributed by atoms with Crippen molar-refractivity contribution in [3.63, 3.8) is 0 Å². The van der Waals surface area contributed by atoms with E-state index in [1.54, 1.807) is 23.7 Å². The van der Waals surface area contributed by atoms with Crippen LogP contribution in [0.5, 0.6) is 0 Å². The van der Waals surface area contributed by atoms with Crippen LogP contribution in [0.25, 0.3) is 11.3 Å². The van der Waals surface area contributed by atoms with Crippen molar-refractivity contribution in [1.82, 2.24) is 19.2 Å². The third-order valence-electron chi connectivity index (χ3n) is 4.26. The molecule has 0 aliphatic carbocycles. The molecule has 0 saturated heterocycles. The predicted molar refractivity (Wildman–Crippen MR) is 104 cm³/mol. The Kier molecular flexibility index (Phi) is 4.67. The number of esters is 1. The highest BCUT2D eigenvalue weighted by atomic mass is 35.5. The number of rotatable bonds is 4. The topological polar surface area (TPSA) is 78.5 Å². The summed E-state index contributed by atoms with van der Waals surface area (Å²) in [4.78, 5) is 29.0. The first-order chi connectivity index (χ1) is 13.5. The number of nitrogens with zero attached hydrogens (tertiary/aromatic N) is 4. The smallest absolute Gasteiger partial charge is 0.342 e. The Hall–Kier alpha value is -3.45. The van der Waals surface area contributed by atoms with Crippen molar-refractivity contribution >= 4 is 23.2 Å². The Morgan fingerprint density at radius 3 is 2.75 bits per heavy atom. The third kappa shape index (κ3) is 3.39. The normalized spacial score (nSPS) is 10.9. The van der Waals surface area contributed by atoms with Crippen molar-refractivity contribution in [1.29, 1.82) is 0 Å². The SMILES string of the molecule is Cc1c(C(=O)OCc2cc(=O)n3cc(Cl)ccc3n2)cnn1-c1ccccc1. The molecule has 3 aromatic heterocycles. The molecule has 0 saturated carbocycles. The fourth-order valence-electron chi connectivity index (χ4n) is 2.86. The van der Waals surface area contributed by atoms with E-state index in [0.29, 0.717) is 27.6 Å². The zero-order chi connectivity index (χ0) is 19.7. The van der Waals surface area contributed by atoms with Gasteiger partial charge in [0.05, 0.1) is 28.3 Å². The Labute approximate surface area is 164 Å². The number of hydrogen-bond donors (Lipinski definition) is 0. The molecule has 0 unspecified atom stereocenters. The summed E-state index contributed by atoms with van der Waals surface area (Å²) in [6.45, 7) is 1.67. The summed E-state index contributed by atoms with van der Waals surface area (Å²) in [6.07, 6.45) is 2.96. The predicted octanol–water partition coefficient (Wildman–Crippen LogP) is 3.20. The van der Waals surface area contributed by atoms with Gasteiger partial charge in [0.2, 0.25) is 0 Å². The van der Waals surface area contributed by atoms with Crippen LogP contribution in [0.15, 0.2) is 65.7 Å². The number of aromatic nitrogens is 4. The van der Waals surface area contributed by atoms with Gasteiger partial charge in [0.25, 0.3) is 5.56 Å². The largest absolute Gasteiger partial charge is 0.455 e. The zero-order valence-electron chi connectivity index (χ0n) is 14.9. The van der Waals surface area contributed by atoms with E-state index in [2.05, 4.69) is 10.1 Å². The number of pyridine rings is 1. The number of carbonyl (C=O) groups excluding carboxylic acids is 1. The van der Waals surface area contributed by atoms with Crippen LogP contribution in [-0.2, 0) is 11.3 Å². The highest BCUT2D eigenvalue weighted by Gasteiger charge is 2.17. The molecule has 140 valence electrons. The summed E-state index contributed by atoms with van der Waals surface area (Å²) in [6, 6.07) is 14.1. The Morgan fingerprint density at radius 1 is 1.18 bits per heavy atom. The lowest BCUT2D eigenvalue weighted by molar-refractivity contribution is 0.0467. The molecule has 0 N–H and O–H groups in total. The van der Waals surface area contributed by atoms with E-state index in [1.165, 1.54) is 22.9 Å². The summed E-state index contributed by atoms with van der Waals surface area (Å²) in [7, 11) is 0. The number of hydrogen-bond acceptors (Lipinski definition) is 5. The molecule has 0 atom stereocenters. The molecule has 4 aromatic rings. The van der Waals surface area contributed by atoms with E-state index in [9.17, 15) is 9.59 Å². The Morgan fingerprint density at radius 2 is 1.96 bits per heavy atom. The number of carbonyl (C=O) groups is 1. The minimum atomic E-state index is -0.530. The van der Waals surface area contributed by atoms with Crippen LogP contribution in [-0.4, -0.2) is 25.1 Å². The molecule has 0 radical (unpaired) electrons. The monoisotopic (exact) mass is 394 g/mol. The summed E-state index contributed by atoms with van der Waals surface area (Å²) in [5.74, 6) is -0.530. The molecular weight excluding hydrogens is 380 g/mol. The van der Waals surface area contributed by atoms with Crippen LogP contribution in [0.2, 0.25) is 5.02 Å². The van der Waals surface area contributed by atoms with Gasteiger partial charge in [-0.15, -0.1) is 0 Å². The second kappa shape index (κ2) is 7.28. The van der Waals surface area contributed by atoms with Gasteiger partial charge in [0, 0.05) is 12.3 Å². The first-order valence-corrected chi connectivity index (χ1v) is 8.86. The van der Waals surface area contributed by atoms with E-state index in [1.807, 2.05) is 30.3 Å². The van der Waals surface area contributed by atoms with Gasteiger partial charge in [-0.05, 0) is 31.2 Å². The van der Waals surface area contributed by atoms with Crippen molar-refractivity contribution in [2.24, 2.45) is 0 Å². The van der Waals surface area contributed by atoms with Gasteiger partial charge >= 0.3 is 5.97 Å². The summed E-state index contributed by atoms with van der Waals surface area (Å²) >= 11 is 5.90. The van der Waals surface area contributed by atoms with E-state index >= 15 is 0 Å². The summed E-state index contributed by atoms with van der Waals surface area (Å²) in [5.41, 5.74) is 2.35. The summed E-state index contributed by atoms with van der Waals surface area (Å²) < 4.78 is 8.35. The van der Waals surface area contributed by atoms with Crippen LogP contribution in [0.3, 0.4) is 0 Å². The molecule has 8 heteroatoms. The zero-order valence-corrected chi connectivity index (χ0v) is 15.6. The molecule has 3 heterocycles. The third-order valence-corrected chi connectivity index (χ3v) is 4.48. The Balaban J connectivity index is 1.54. The first kappa shape index (κ1) is 17.9. The Bertz CT molecular complexity index is 1230. The highest BCUT2D eigenvalue weighted by molar-refractivity contribution is 6.30. The minimum absolute atomic E-state index is 0.122. The lowest BCUT2D eigenvalue weighted by atomic mass is 10.2. The van der Waals surface area contributed by atoms with Gasteiger partial charge in [-0.2, -0.15) is 5.10 Å². The quantitative estimate of drug-likeness (QED) is 0.497. The van der Waals surface area contributed by atoms with Gasteiger partial charge in [0.15, 0.2) is 0 Å². The van der Waals surface area contributed by atoms with Crippen LogP contribution < -0.4 is 5.56 Å². The lowest BCUT2D eigenvalue weighted by Crippen LogP contribution is -2.16. The van der Waals surface area contributed by atoms with Crippen molar-refractivity contribution < 1.29 is 9.53 Å². The second-order valence-electron chi connectivity index (χ2n) is 6.13. The molecule has 0 amide bonds. The number of fused-ring (bicyclic) bond motifs is 1. The molecule has 7 nitrogen and oxygen atoms in total. The summed E-state index contributed by atoms with van der Waals surface area (Å²) in [5, 5.41) is 4.69. The van der Waals surface area contributed by atoms with Crippen LogP contribution in [0.4, 0.5) is 0 Å². The molecule has 0 spiro atoms. The van der Waals surface area contributed by atoms with Crippen molar-refractivity contribution in [3.05, 3.63) is 93.3 Å². The maximum Gasteiger partial charge on any atom is 0.342 e. The average Bonchev–Trinajstić information content (AvgIpc) is 3.09. The highest BCUT2D eigenvalue weighted by Crippen LogP contribution is 2.15. The average molecular weight is 395 g/mol. The van der Waals surface area contributed by atoms with Gasteiger partial charge in [0.1, 0.15) is 17.8 Å². The van der Waals surface area contributed by atoms with E-state index in [4.69, 9.17) is 16.3 Å².